The van der Waals surface area contributed by atoms with Gasteiger partial charge in [0.2, 0.25) is 0 Å². The molecule has 20 heavy (non-hydrogen) atoms. The molecule has 0 aliphatic carbocycles. The monoisotopic (exact) mass is 299 g/mol. The van der Waals surface area contributed by atoms with Crippen LogP contribution in [0.5, 0.6) is 5.75 Å². The molecule has 0 radical (unpaired) electrons. The van der Waals surface area contributed by atoms with E-state index in [2.05, 4.69) is 0 Å². The second-order valence-electron chi connectivity index (χ2n) is 5.19. The fraction of sp³-hybridized carbons (Fsp3) is 0.571. The van der Waals surface area contributed by atoms with E-state index in [0.717, 1.165) is 4.88 Å². The van der Waals surface area contributed by atoms with Gasteiger partial charge in [-0.1, -0.05) is 13.8 Å². The predicted octanol–water partition coefficient (Wildman–Crippen LogP) is 2.82. The zero-order chi connectivity index (χ0) is 15.4. The van der Waals surface area contributed by atoms with Crippen molar-refractivity contribution < 1.29 is 19.4 Å². The van der Waals surface area contributed by atoms with Crippen molar-refractivity contribution in [2.45, 2.75) is 39.7 Å². The lowest BCUT2D eigenvalue weighted by atomic mass is 10.2. The van der Waals surface area contributed by atoms with Crippen LogP contribution in [0.3, 0.4) is 0 Å². The Morgan fingerprint density at radius 3 is 2.40 bits per heavy atom. The summed E-state index contributed by atoms with van der Waals surface area (Å²) < 4.78 is 5.40. The normalized spacial score (nSPS) is 10.9. The summed E-state index contributed by atoms with van der Waals surface area (Å²) in [7, 11) is 1.70. The Morgan fingerprint density at radius 2 is 1.95 bits per heavy atom. The summed E-state index contributed by atoms with van der Waals surface area (Å²) in [5, 5.41) is 9.16. The van der Waals surface area contributed by atoms with E-state index in [4.69, 9.17) is 9.84 Å². The maximum Gasteiger partial charge on any atom is 0.349 e. The van der Waals surface area contributed by atoms with Gasteiger partial charge in [0.25, 0.3) is 5.91 Å². The van der Waals surface area contributed by atoms with Crippen molar-refractivity contribution in [1.82, 2.24) is 4.90 Å². The number of carbonyl (C=O) groups excluding carboxylic acids is 1. The Hall–Kier alpha value is -1.56. The van der Waals surface area contributed by atoms with Crippen LogP contribution in [0.1, 0.15) is 48.2 Å². The van der Waals surface area contributed by atoms with Gasteiger partial charge in [-0.2, -0.15) is 0 Å². The van der Waals surface area contributed by atoms with Gasteiger partial charge < -0.3 is 14.7 Å². The van der Waals surface area contributed by atoms with Gasteiger partial charge >= 0.3 is 5.97 Å². The molecule has 1 rings (SSSR count). The predicted molar refractivity (Wildman–Crippen MR) is 78.8 cm³/mol. The van der Waals surface area contributed by atoms with Gasteiger partial charge in [-0.05, 0) is 25.8 Å². The first-order valence-corrected chi connectivity index (χ1v) is 7.31. The standard InChI is InChI=1S/C14H21NO4S/c1-8(2)11-6-10(13(20-11)14(17)18)19-7-12(16)15(5)9(3)4/h6,8-9H,7H2,1-5H3,(H,17,18). The summed E-state index contributed by atoms with van der Waals surface area (Å²) in [5.41, 5.74) is 0. The van der Waals surface area contributed by atoms with E-state index in [1.54, 1.807) is 18.0 Å². The number of nitrogens with zero attached hydrogens (tertiary/aromatic N) is 1. The largest absolute Gasteiger partial charge is 0.482 e. The summed E-state index contributed by atoms with van der Waals surface area (Å²) in [6, 6.07) is 1.79. The number of ether oxygens (including phenoxy) is 1. The highest BCUT2D eigenvalue weighted by Crippen LogP contribution is 2.33. The van der Waals surface area contributed by atoms with Crippen molar-refractivity contribution in [1.29, 1.82) is 0 Å². The third kappa shape index (κ3) is 3.96. The molecule has 0 saturated heterocycles. The molecule has 0 fully saturated rings. The number of likely N-dealkylation sites (N-methyl/N-ethyl adjacent to an activating group) is 1. The Morgan fingerprint density at radius 1 is 1.35 bits per heavy atom. The SMILES string of the molecule is CC(C)c1cc(OCC(=O)N(C)C(C)C)c(C(=O)O)s1. The molecule has 6 heteroatoms. The van der Waals surface area contributed by atoms with Gasteiger partial charge in [-0.15, -0.1) is 11.3 Å². The van der Waals surface area contributed by atoms with Crippen LogP contribution in [0, 0.1) is 0 Å². The van der Waals surface area contributed by atoms with E-state index >= 15 is 0 Å². The maximum absolute atomic E-state index is 11.8. The van der Waals surface area contributed by atoms with Crippen molar-refractivity contribution in [2.24, 2.45) is 0 Å². The summed E-state index contributed by atoms with van der Waals surface area (Å²) in [5.74, 6) is -0.698. The highest BCUT2D eigenvalue weighted by molar-refractivity contribution is 7.14. The van der Waals surface area contributed by atoms with Crippen molar-refractivity contribution in [3.8, 4) is 5.75 Å². The molecule has 1 aromatic heterocycles. The minimum atomic E-state index is -1.03. The van der Waals surface area contributed by atoms with E-state index in [1.807, 2.05) is 27.7 Å². The lowest BCUT2D eigenvalue weighted by molar-refractivity contribution is -0.133. The van der Waals surface area contributed by atoms with Crippen LogP contribution < -0.4 is 4.74 Å². The summed E-state index contributed by atoms with van der Waals surface area (Å²) in [4.78, 5) is 25.7. The van der Waals surface area contributed by atoms with Gasteiger partial charge in [0.15, 0.2) is 11.5 Å². The quantitative estimate of drug-likeness (QED) is 0.877. The molecule has 1 heterocycles. The molecule has 1 N–H and O–H groups in total. The van der Waals surface area contributed by atoms with Crippen molar-refractivity contribution in [3.63, 3.8) is 0 Å². The molecule has 0 aliphatic heterocycles. The average Bonchev–Trinajstić information content (AvgIpc) is 2.79. The summed E-state index contributed by atoms with van der Waals surface area (Å²) in [6.45, 7) is 7.63. The van der Waals surface area contributed by atoms with Crippen molar-refractivity contribution in [2.75, 3.05) is 13.7 Å². The van der Waals surface area contributed by atoms with E-state index < -0.39 is 5.97 Å². The number of aromatic carboxylic acids is 1. The Bertz CT molecular complexity index is 493. The zero-order valence-corrected chi connectivity index (χ0v) is 13.3. The number of thiophene rings is 1. The Labute approximate surface area is 123 Å². The minimum Gasteiger partial charge on any atom is -0.482 e. The third-order valence-electron chi connectivity index (χ3n) is 3.00. The third-order valence-corrected chi connectivity index (χ3v) is 4.40. The number of hydrogen-bond donors (Lipinski definition) is 1. The van der Waals surface area contributed by atoms with E-state index in [1.165, 1.54) is 11.3 Å². The van der Waals surface area contributed by atoms with Crippen LogP contribution in [0.2, 0.25) is 0 Å². The first-order chi connectivity index (χ1) is 9.23. The molecular formula is C14H21NO4S. The number of carboxylic acid groups (broad SMARTS) is 1. The second-order valence-corrected chi connectivity index (χ2v) is 6.27. The van der Waals surface area contributed by atoms with E-state index in [9.17, 15) is 9.59 Å². The molecule has 0 saturated carbocycles. The second kappa shape index (κ2) is 6.74. The van der Waals surface area contributed by atoms with Gasteiger partial charge in [0, 0.05) is 18.0 Å². The van der Waals surface area contributed by atoms with Crippen molar-refractivity contribution in [3.05, 3.63) is 15.8 Å². The van der Waals surface area contributed by atoms with Gasteiger partial charge in [0.05, 0.1) is 0 Å². The van der Waals surface area contributed by atoms with Crippen molar-refractivity contribution >= 4 is 23.2 Å². The Balaban J connectivity index is 2.82. The average molecular weight is 299 g/mol. The molecular weight excluding hydrogens is 278 g/mol. The highest BCUT2D eigenvalue weighted by Gasteiger charge is 2.20. The molecule has 112 valence electrons. The first-order valence-electron chi connectivity index (χ1n) is 6.49. The van der Waals surface area contributed by atoms with E-state index in [-0.39, 0.29) is 35.1 Å². The summed E-state index contributed by atoms with van der Waals surface area (Å²) in [6.07, 6.45) is 0. The first kappa shape index (κ1) is 16.5. The van der Waals surface area contributed by atoms with Crippen LogP contribution in [-0.2, 0) is 4.79 Å². The molecule has 0 spiro atoms. The number of carbonyl (C=O) groups is 2. The molecule has 5 nitrogen and oxygen atoms in total. The molecule has 0 bridgehead atoms. The lowest BCUT2D eigenvalue weighted by Crippen LogP contribution is -2.36. The number of rotatable bonds is 6. The lowest BCUT2D eigenvalue weighted by Gasteiger charge is -2.21. The fourth-order valence-corrected chi connectivity index (χ4v) is 2.41. The van der Waals surface area contributed by atoms with E-state index in [0.29, 0.717) is 0 Å². The fourth-order valence-electron chi connectivity index (χ4n) is 1.46. The highest BCUT2D eigenvalue weighted by atomic mass is 32.1. The van der Waals surface area contributed by atoms with Crippen LogP contribution in [-0.4, -0.2) is 41.6 Å². The Kier molecular flexibility index (Phi) is 5.56. The van der Waals surface area contributed by atoms with Crippen LogP contribution in [0.15, 0.2) is 6.07 Å². The zero-order valence-electron chi connectivity index (χ0n) is 12.5. The van der Waals surface area contributed by atoms with Gasteiger partial charge in [-0.3, -0.25) is 4.79 Å². The molecule has 1 aromatic rings. The topological polar surface area (TPSA) is 66.8 Å². The van der Waals surface area contributed by atoms with Crippen LogP contribution >= 0.6 is 11.3 Å². The molecule has 0 aromatic carbocycles. The molecule has 0 aliphatic rings. The molecule has 0 unspecified atom stereocenters. The van der Waals surface area contributed by atoms with Gasteiger partial charge in [-0.25, -0.2) is 4.79 Å². The summed E-state index contributed by atoms with van der Waals surface area (Å²) >= 11 is 1.19. The van der Waals surface area contributed by atoms with Gasteiger partial charge in [0.1, 0.15) is 5.75 Å². The number of hydrogen-bond acceptors (Lipinski definition) is 4. The minimum absolute atomic E-state index is 0.0822. The number of amides is 1. The smallest absolute Gasteiger partial charge is 0.349 e. The maximum atomic E-state index is 11.8. The molecule has 0 atom stereocenters. The molecule has 1 amide bonds. The number of carboxylic acids is 1. The van der Waals surface area contributed by atoms with Crippen LogP contribution in [0.4, 0.5) is 0 Å². The van der Waals surface area contributed by atoms with Crippen LogP contribution in [0.25, 0.3) is 0 Å².